The van der Waals surface area contributed by atoms with E-state index in [0.717, 1.165) is 27.4 Å². The first kappa shape index (κ1) is 12.6. The SMILES string of the molecule is Cn1c2ccncc2c2cc(CC(N)C(=O)O)ccc21. The molecule has 0 aliphatic carbocycles. The molecule has 20 heavy (non-hydrogen) atoms. The van der Waals surface area contributed by atoms with Gasteiger partial charge in [0.2, 0.25) is 0 Å². The number of rotatable bonds is 3. The fourth-order valence-electron chi connectivity index (χ4n) is 2.58. The maximum atomic E-state index is 10.8. The van der Waals surface area contributed by atoms with E-state index in [2.05, 4.69) is 9.55 Å². The molecule has 3 N–H and O–H groups in total. The molecule has 1 atom stereocenters. The maximum absolute atomic E-state index is 10.8. The molecule has 5 heteroatoms. The molecule has 102 valence electrons. The molecule has 1 aromatic carbocycles. The summed E-state index contributed by atoms with van der Waals surface area (Å²) in [7, 11) is 2.01. The molecule has 3 aromatic rings. The molecule has 0 radical (unpaired) electrons. The molecule has 0 saturated heterocycles. The first-order valence-corrected chi connectivity index (χ1v) is 6.37. The van der Waals surface area contributed by atoms with Crippen molar-refractivity contribution in [2.24, 2.45) is 12.8 Å². The van der Waals surface area contributed by atoms with Crippen molar-refractivity contribution in [1.29, 1.82) is 0 Å². The number of hydrogen-bond donors (Lipinski definition) is 2. The van der Waals surface area contributed by atoms with Crippen molar-refractivity contribution >= 4 is 27.8 Å². The van der Waals surface area contributed by atoms with Crippen LogP contribution in [-0.4, -0.2) is 26.7 Å². The van der Waals surface area contributed by atoms with E-state index < -0.39 is 12.0 Å². The number of benzene rings is 1. The second kappa shape index (κ2) is 4.61. The summed E-state index contributed by atoms with van der Waals surface area (Å²) in [5, 5.41) is 11.0. The molecule has 2 heterocycles. The smallest absolute Gasteiger partial charge is 0.320 e. The molecule has 3 rings (SSSR count). The summed E-state index contributed by atoms with van der Waals surface area (Å²) >= 11 is 0. The van der Waals surface area contributed by atoms with E-state index in [9.17, 15) is 4.79 Å². The summed E-state index contributed by atoms with van der Waals surface area (Å²) < 4.78 is 2.10. The number of carboxylic acid groups (broad SMARTS) is 1. The number of nitrogens with zero attached hydrogens (tertiary/aromatic N) is 2. The van der Waals surface area contributed by atoms with Gasteiger partial charge < -0.3 is 15.4 Å². The molecule has 0 aliphatic rings. The van der Waals surface area contributed by atoms with Crippen LogP contribution < -0.4 is 5.73 Å². The van der Waals surface area contributed by atoms with Crippen molar-refractivity contribution in [1.82, 2.24) is 9.55 Å². The number of carboxylic acids is 1. The maximum Gasteiger partial charge on any atom is 0.320 e. The van der Waals surface area contributed by atoms with Gasteiger partial charge in [0.15, 0.2) is 0 Å². The van der Waals surface area contributed by atoms with Gasteiger partial charge in [-0.1, -0.05) is 6.07 Å². The van der Waals surface area contributed by atoms with Crippen LogP contribution in [0, 0.1) is 0 Å². The third-order valence-corrected chi connectivity index (χ3v) is 3.64. The van der Waals surface area contributed by atoms with Crippen LogP contribution in [0.3, 0.4) is 0 Å². The Bertz CT molecular complexity index is 807. The third kappa shape index (κ3) is 1.92. The monoisotopic (exact) mass is 269 g/mol. The summed E-state index contributed by atoms with van der Waals surface area (Å²) in [6.07, 6.45) is 3.92. The molecule has 0 aliphatic heterocycles. The van der Waals surface area contributed by atoms with E-state index in [0.29, 0.717) is 6.42 Å². The zero-order valence-electron chi connectivity index (χ0n) is 11.1. The van der Waals surface area contributed by atoms with Crippen LogP contribution in [0.25, 0.3) is 21.8 Å². The zero-order chi connectivity index (χ0) is 14.3. The highest BCUT2D eigenvalue weighted by atomic mass is 16.4. The highest BCUT2D eigenvalue weighted by Crippen LogP contribution is 2.28. The highest BCUT2D eigenvalue weighted by Gasteiger charge is 2.14. The van der Waals surface area contributed by atoms with Gasteiger partial charge in [-0.05, 0) is 30.2 Å². The summed E-state index contributed by atoms with van der Waals surface area (Å²) in [4.78, 5) is 15.0. The lowest BCUT2D eigenvalue weighted by atomic mass is 10.0. The van der Waals surface area contributed by atoms with Gasteiger partial charge in [0.1, 0.15) is 6.04 Å². The molecule has 0 spiro atoms. The first-order chi connectivity index (χ1) is 9.58. The fourth-order valence-corrected chi connectivity index (χ4v) is 2.58. The minimum atomic E-state index is -0.982. The third-order valence-electron chi connectivity index (χ3n) is 3.64. The quantitative estimate of drug-likeness (QED) is 0.758. The van der Waals surface area contributed by atoms with Crippen LogP contribution >= 0.6 is 0 Å². The van der Waals surface area contributed by atoms with Gasteiger partial charge in [-0.3, -0.25) is 9.78 Å². The Balaban J connectivity index is 2.15. The van der Waals surface area contributed by atoms with Crippen LogP contribution in [0.5, 0.6) is 0 Å². The summed E-state index contributed by atoms with van der Waals surface area (Å²) in [5.74, 6) is -0.982. The Hall–Kier alpha value is -2.40. The van der Waals surface area contributed by atoms with E-state index in [1.165, 1.54) is 0 Å². The molecule has 0 saturated carbocycles. The molecule has 1 unspecified atom stereocenters. The predicted molar refractivity (Wildman–Crippen MR) is 77.5 cm³/mol. The molecule has 0 amide bonds. The fraction of sp³-hybridized carbons (Fsp3) is 0.200. The molecule has 0 fully saturated rings. The predicted octanol–water partition coefficient (Wildman–Crippen LogP) is 1.68. The van der Waals surface area contributed by atoms with E-state index in [4.69, 9.17) is 10.8 Å². The minimum absolute atomic E-state index is 0.321. The van der Waals surface area contributed by atoms with Crippen LogP contribution in [0.2, 0.25) is 0 Å². The summed E-state index contributed by atoms with van der Waals surface area (Å²) in [6.45, 7) is 0. The van der Waals surface area contributed by atoms with Crippen molar-refractivity contribution in [3.63, 3.8) is 0 Å². The number of aromatic nitrogens is 2. The molecule has 2 aromatic heterocycles. The zero-order valence-corrected chi connectivity index (χ0v) is 11.1. The number of pyridine rings is 1. The Morgan fingerprint density at radius 3 is 2.85 bits per heavy atom. The van der Waals surface area contributed by atoms with E-state index >= 15 is 0 Å². The Labute approximate surface area is 115 Å². The minimum Gasteiger partial charge on any atom is -0.480 e. The van der Waals surface area contributed by atoms with Gasteiger partial charge in [-0.2, -0.15) is 0 Å². The first-order valence-electron chi connectivity index (χ1n) is 6.37. The lowest BCUT2D eigenvalue weighted by molar-refractivity contribution is -0.138. The lowest BCUT2D eigenvalue weighted by Crippen LogP contribution is -2.32. The topological polar surface area (TPSA) is 81.1 Å². The van der Waals surface area contributed by atoms with Gasteiger partial charge in [0.05, 0.1) is 5.52 Å². The largest absolute Gasteiger partial charge is 0.480 e. The highest BCUT2D eigenvalue weighted by molar-refractivity contribution is 6.07. The number of hydrogen-bond acceptors (Lipinski definition) is 3. The summed E-state index contributed by atoms with van der Waals surface area (Å²) in [6, 6.07) is 7.03. The lowest BCUT2D eigenvalue weighted by Gasteiger charge is -2.06. The number of aryl methyl sites for hydroxylation is 1. The Kier molecular flexibility index (Phi) is 2.91. The van der Waals surface area contributed by atoms with Crippen molar-refractivity contribution in [2.75, 3.05) is 0 Å². The Morgan fingerprint density at radius 1 is 1.35 bits per heavy atom. The van der Waals surface area contributed by atoms with Crippen LogP contribution in [0.15, 0.2) is 36.7 Å². The second-order valence-corrected chi connectivity index (χ2v) is 4.95. The van der Waals surface area contributed by atoms with Gasteiger partial charge in [0, 0.05) is 35.7 Å². The van der Waals surface area contributed by atoms with E-state index in [-0.39, 0.29) is 0 Å². The normalized spacial score (nSPS) is 12.9. The van der Waals surface area contributed by atoms with E-state index in [1.54, 1.807) is 6.20 Å². The standard InChI is InChI=1S/C15H15N3O2/c1-18-13-3-2-9(7-12(16)15(19)20)6-10(13)11-8-17-5-4-14(11)18/h2-6,8,12H,7,16H2,1H3,(H,19,20). The van der Waals surface area contributed by atoms with Crippen LogP contribution in [0.4, 0.5) is 0 Å². The number of nitrogens with two attached hydrogens (primary N) is 1. The Morgan fingerprint density at radius 2 is 2.10 bits per heavy atom. The number of carbonyl (C=O) groups is 1. The van der Waals surface area contributed by atoms with Crippen LogP contribution in [-0.2, 0) is 18.3 Å². The second-order valence-electron chi connectivity index (χ2n) is 4.95. The summed E-state index contributed by atoms with van der Waals surface area (Å²) in [5.41, 5.74) is 8.72. The van der Waals surface area contributed by atoms with Gasteiger partial charge >= 0.3 is 5.97 Å². The van der Waals surface area contributed by atoms with Crippen molar-refractivity contribution in [2.45, 2.75) is 12.5 Å². The van der Waals surface area contributed by atoms with Crippen LogP contribution in [0.1, 0.15) is 5.56 Å². The molecular formula is C15H15N3O2. The molecular weight excluding hydrogens is 254 g/mol. The average molecular weight is 269 g/mol. The number of aliphatic carboxylic acids is 1. The average Bonchev–Trinajstić information content (AvgIpc) is 2.73. The van der Waals surface area contributed by atoms with Crippen molar-refractivity contribution in [3.05, 3.63) is 42.2 Å². The van der Waals surface area contributed by atoms with E-state index in [1.807, 2.05) is 37.5 Å². The number of fused-ring (bicyclic) bond motifs is 3. The van der Waals surface area contributed by atoms with Gasteiger partial charge in [0.25, 0.3) is 0 Å². The van der Waals surface area contributed by atoms with Crippen molar-refractivity contribution in [3.8, 4) is 0 Å². The molecule has 0 bridgehead atoms. The van der Waals surface area contributed by atoms with Gasteiger partial charge in [-0.15, -0.1) is 0 Å². The van der Waals surface area contributed by atoms with Crippen molar-refractivity contribution < 1.29 is 9.90 Å². The van der Waals surface area contributed by atoms with Gasteiger partial charge in [-0.25, -0.2) is 0 Å². The molecule has 5 nitrogen and oxygen atoms in total.